The van der Waals surface area contributed by atoms with Crippen molar-refractivity contribution in [3.63, 3.8) is 0 Å². The molecule has 2 nitrogen and oxygen atoms in total. The molecule has 0 amide bonds. The molecule has 0 radical (unpaired) electrons. The van der Waals surface area contributed by atoms with Gasteiger partial charge in [0.1, 0.15) is 0 Å². The molecule has 0 rings (SSSR count). The number of halogens is 4. The standard InChI is InChI=1S/C2H6F4O2Te/c1-7-9(3,4,5,6)8-2/h1-2H3. The zero-order chi connectivity index (χ0) is 7.82. The van der Waals surface area contributed by atoms with Gasteiger partial charge in [-0.3, -0.25) is 0 Å². The third-order valence-electron chi connectivity index (χ3n) is 0.640. The molecular formula is C2H6F4O2Te. The molecule has 0 aliphatic rings. The van der Waals surface area contributed by atoms with E-state index in [0.29, 0.717) is 0 Å². The molecule has 0 saturated heterocycles. The zero-order valence-corrected chi connectivity index (χ0v) is 7.07. The Morgan fingerprint density at radius 3 is 1.11 bits per heavy atom. The number of hydrogen-bond acceptors (Lipinski definition) is 2. The molecule has 0 bridgehead atoms. The molecule has 0 aliphatic carbocycles. The van der Waals surface area contributed by atoms with Crippen LogP contribution in [0.25, 0.3) is 0 Å². The Kier molecular flexibility index (Phi) is 1.60. The molecular weight excluding hydrogens is 260 g/mol. The van der Waals surface area contributed by atoms with Crippen molar-refractivity contribution >= 4 is 18.5 Å². The van der Waals surface area contributed by atoms with E-state index in [1.165, 1.54) is 0 Å². The van der Waals surface area contributed by atoms with Crippen molar-refractivity contribution in [1.29, 1.82) is 0 Å². The van der Waals surface area contributed by atoms with E-state index in [0.717, 1.165) is 0 Å². The molecule has 0 N–H and O–H groups in total. The van der Waals surface area contributed by atoms with Crippen LogP contribution in [0.4, 0.5) is 11.6 Å². The monoisotopic (exact) mass is 268 g/mol. The summed E-state index contributed by atoms with van der Waals surface area (Å²) in [5.41, 5.74) is 0. The van der Waals surface area contributed by atoms with E-state index in [4.69, 9.17) is 0 Å². The average molecular weight is 266 g/mol. The summed E-state index contributed by atoms with van der Waals surface area (Å²) in [6.45, 7) is 0. The van der Waals surface area contributed by atoms with E-state index in [-0.39, 0.29) is 14.2 Å². The van der Waals surface area contributed by atoms with Gasteiger partial charge in [-0.2, -0.15) is 0 Å². The van der Waals surface area contributed by atoms with Gasteiger partial charge >= 0.3 is 50.5 Å². The first-order valence-corrected chi connectivity index (χ1v) is 7.19. The van der Waals surface area contributed by atoms with Crippen molar-refractivity contribution in [2.45, 2.75) is 0 Å². The molecule has 0 heterocycles. The van der Waals surface area contributed by atoms with Crippen LogP contribution in [-0.2, 0) is 6.20 Å². The Morgan fingerprint density at radius 1 is 0.889 bits per heavy atom. The van der Waals surface area contributed by atoms with Crippen LogP contribution in [0.3, 0.4) is 0 Å². The molecule has 0 aromatic rings. The van der Waals surface area contributed by atoms with Crippen LogP contribution in [0.2, 0.25) is 0 Å². The van der Waals surface area contributed by atoms with Crippen LogP contribution in [0.1, 0.15) is 0 Å². The molecule has 0 aromatic heterocycles. The fourth-order valence-corrected chi connectivity index (χ4v) is 0.456. The van der Waals surface area contributed by atoms with Crippen molar-refractivity contribution in [3.8, 4) is 0 Å². The predicted octanol–water partition coefficient (Wildman–Crippen LogP) is 1.49. The van der Waals surface area contributed by atoms with Gasteiger partial charge < -0.3 is 0 Å². The van der Waals surface area contributed by atoms with Crippen LogP contribution in [0, 0.1) is 0 Å². The van der Waals surface area contributed by atoms with Gasteiger partial charge in [-0.15, -0.1) is 0 Å². The van der Waals surface area contributed by atoms with Crippen molar-refractivity contribution < 1.29 is 17.8 Å². The molecule has 0 aromatic carbocycles. The first kappa shape index (κ1) is 9.43. The van der Waals surface area contributed by atoms with Crippen molar-refractivity contribution in [2.24, 2.45) is 0 Å². The van der Waals surface area contributed by atoms with Crippen LogP contribution in [0.15, 0.2) is 0 Å². The Hall–Kier alpha value is 0.430. The van der Waals surface area contributed by atoms with E-state index >= 15 is 0 Å². The van der Waals surface area contributed by atoms with E-state index in [9.17, 15) is 11.6 Å². The summed E-state index contributed by atoms with van der Waals surface area (Å²) in [6.07, 6.45) is 0. The molecule has 0 saturated carbocycles. The Labute approximate surface area is 51.1 Å². The quantitative estimate of drug-likeness (QED) is 0.556. The maximum absolute atomic E-state index is 11.7. The summed E-state index contributed by atoms with van der Waals surface area (Å²) in [4.78, 5) is 0. The fraction of sp³-hybridized carbons (Fsp3) is 1.00. The van der Waals surface area contributed by atoms with Gasteiger partial charge in [0.25, 0.3) is 0 Å². The van der Waals surface area contributed by atoms with Crippen LogP contribution >= 0.6 is 0 Å². The van der Waals surface area contributed by atoms with Gasteiger partial charge in [0.15, 0.2) is 0 Å². The van der Waals surface area contributed by atoms with Crippen molar-refractivity contribution in [2.75, 3.05) is 14.2 Å². The summed E-state index contributed by atoms with van der Waals surface area (Å²) in [5, 5.41) is 0. The average Bonchev–Trinajstić information content (AvgIpc) is 1.67. The molecule has 0 aliphatic heterocycles. The Balaban J connectivity index is 4.64. The van der Waals surface area contributed by atoms with E-state index in [2.05, 4.69) is 6.20 Å². The second-order valence-electron chi connectivity index (χ2n) is 1.26. The van der Waals surface area contributed by atoms with E-state index < -0.39 is 18.5 Å². The molecule has 7 heteroatoms. The van der Waals surface area contributed by atoms with Gasteiger partial charge in [0.05, 0.1) is 0 Å². The van der Waals surface area contributed by atoms with Gasteiger partial charge in [-0.25, -0.2) is 0 Å². The minimum atomic E-state index is -9.31. The summed E-state index contributed by atoms with van der Waals surface area (Å²) in [7, 11) is 0.434. The molecule has 0 fully saturated rings. The van der Waals surface area contributed by atoms with Gasteiger partial charge in [-0.1, -0.05) is 0 Å². The van der Waals surface area contributed by atoms with Crippen molar-refractivity contribution in [1.82, 2.24) is 0 Å². The minimum absolute atomic E-state index is 0.217. The third kappa shape index (κ3) is 3.20. The number of rotatable bonds is 2. The Morgan fingerprint density at radius 2 is 1.11 bits per heavy atom. The normalized spacial score (nSPS) is 20.7. The van der Waals surface area contributed by atoms with Gasteiger partial charge in [0.2, 0.25) is 0 Å². The summed E-state index contributed by atoms with van der Waals surface area (Å²) in [5.74, 6) is 0. The molecule has 60 valence electrons. The molecule has 0 unspecified atom stereocenters. The molecule has 0 spiro atoms. The molecule has 9 heavy (non-hydrogen) atoms. The van der Waals surface area contributed by atoms with Crippen LogP contribution in [0.5, 0.6) is 0 Å². The fourth-order valence-electron chi connectivity index (χ4n) is 0.0680. The molecule has 0 atom stereocenters. The zero-order valence-electron chi connectivity index (χ0n) is 4.74. The van der Waals surface area contributed by atoms with Gasteiger partial charge in [0, 0.05) is 0 Å². The maximum atomic E-state index is 11.7. The summed E-state index contributed by atoms with van der Waals surface area (Å²) < 4.78 is 52.2. The predicted molar refractivity (Wildman–Crippen MR) is 24.2 cm³/mol. The topological polar surface area (TPSA) is 18.5 Å². The SMILES string of the molecule is CO[Te](F)(F)(F)(F)OC. The third-order valence-corrected chi connectivity index (χ3v) is 4.29. The van der Waals surface area contributed by atoms with E-state index in [1.807, 2.05) is 0 Å². The first-order valence-electron chi connectivity index (χ1n) is 1.77. The second-order valence-corrected chi connectivity index (χ2v) is 8.42. The van der Waals surface area contributed by atoms with Gasteiger partial charge in [-0.05, 0) is 0 Å². The van der Waals surface area contributed by atoms with Crippen LogP contribution in [-0.4, -0.2) is 32.8 Å². The second kappa shape index (κ2) is 1.53. The summed E-state index contributed by atoms with van der Waals surface area (Å²) in [6, 6.07) is 0. The number of hydrogen-bond donors (Lipinski definition) is 0. The first-order chi connectivity index (χ1) is 3.62. The summed E-state index contributed by atoms with van der Waals surface area (Å²) >= 11 is -9.31. The Bertz CT molecular complexity index is 114. The van der Waals surface area contributed by atoms with E-state index in [1.54, 1.807) is 0 Å². The van der Waals surface area contributed by atoms with Crippen molar-refractivity contribution in [3.05, 3.63) is 0 Å². The van der Waals surface area contributed by atoms with Crippen LogP contribution < -0.4 is 0 Å².